The van der Waals surface area contributed by atoms with Gasteiger partial charge in [-0.3, -0.25) is 0 Å². The number of thiazole rings is 1. The smallest absolute Gasteiger partial charge is 0.148 e. The topological polar surface area (TPSA) is 63.8 Å². The molecule has 0 radical (unpaired) electrons. The first kappa shape index (κ1) is 13.8. The highest BCUT2D eigenvalue weighted by Crippen LogP contribution is 2.50. The van der Waals surface area contributed by atoms with Gasteiger partial charge in [0.25, 0.3) is 0 Å². The molecular weight excluding hydrogens is 288 g/mol. The molecule has 0 aliphatic heterocycles. The van der Waals surface area contributed by atoms with Crippen LogP contribution in [0.5, 0.6) is 0 Å². The molecule has 0 bridgehead atoms. The molecule has 0 spiro atoms. The number of anilines is 2. The van der Waals surface area contributed by atoms with Crippen LogP contribution in [0.4, 0.5) is 10.8 Å². The van der Waals surface area contributed by atoms with Gasteiger partial charge in [0.05, 0.1) is 16.3 Å². The molecule has 1 fully saturated rings. The Bertz CT molecular complexity index is 598. The third-order valence-electron chi connectivity index (χ3n) is 3.96. The molecule has 0 unspecified atom stereocenters. The molecule has 1 aliphatic rings. The summed E-state index contributed by atoms with van der Waals surface area (Å²) < 4.78 is 4.29. The maximum atomic E-state index is 6.02. The van der Waals surface area contributed by atoms with E-state index in [1.807, 2.05) is 6.92 Å². The predicted molar refractivity (Wildman–Crippen MR) is 87.4 cm³/mol. The Hall–Kier alpha value is -1.14. The second kappa shape index (κ2) is 5.33. The van der Waals surface area contributed by atoms with Crippen LogP contribution in [-0.4, -0.2) is 15.9 Å². The number of hydrogen-bond acceptors (Lipinski definition) is 6. The lowest BCUT2D eigenvalue weighted by molar-refractivity contribution is 0.486. The van der Waals surface area contributed by atoms with Crippen molar-refractivity contribution >= 4 is 33.7 Å². The summed E-state index contributed by atoms with van der Waals surface area (Å²) in [7, 11) is 0. The molecule has 3 N–H and O–H groups in total. The number of aromatic nitrogens is 2. The summed E-state index contributed by atoms with van der Waals surface area (Å²) in [6.45, 7) is 5.30. The molecule has 0 amide bonds. The predicted octanol–water partition coefficient (Wildman–Crippen LogP) is 4.15. The molecule has 6 heteroatoms. The number of aryl methyl sites for hydroxylation is 1. The van der Waals surface area contributed by atoms with E-state index < -0.39 is 0 Å². The highest BCUT2D eigenvalue weighted by molar-refractivity contribution is 7.11. The quantitative estimate of drug-likeness (QED) is 0.841. The van der Waals surface area contributed by atoms with Crippen LogP contribution in [0.15, 0.2) is 5.38 Å². The highest BCUT2D eigenvalue weighted by Gasteiger charge is 2.41. The largest absolute Gasteiger partial charge is 0.382 e. The number of hydrogen-bond donors (Lipinski definition) is 2. The zero-order valence-corrected chi connectivity index (χ0v) is 13.5. The molecule has 108 valence electrons. The Labute approximate surface area is 127 Å². The van der Waals surface area contributed by atoms with Gasteiger partial charge in [-0.2, -0.15) is 4.37 Å². The fraction of sp³-hybridized carbons (Fsp3) is 0.571. The van der Waals surface area contributed by atoms with Gasteiger partial charge >= 0.3 is 0 Å². The Balaban J connectivity index is 1.77. The standard InChI is InChI=1S/C14H20N4S2/c1-3-4-14(5-6-14)8-16-13-11(12(15)18-20-13)10-7-19-9(2)17-10/h7,16H,3-6,8H2,1-2H3,(H2,15,18). The van der Waals surface area contributed by atoms with Gasteiger partial charge < -0.3 is 11.1 Å². The molecule has 0 atom stereocenters. The summed E-state index contributed by atoms with van der Waals surface area (Å²) in [6, 6.07) is 0. The minimum absolute atomic E-state index is 0.517. The van der Waals surface area contributed by atoms with Gasteiger partial charge in [-0.1, -0.05) is 13.3 Å². The van der Waals surface area contributed by atoms with Gasteiger partial charge in [0.2, 0.25) is 0 Å². The Morgan fingerprint density at radius 2 is 2.25 bits per heavy atom. The first-order valence-corrected chi connectivity index (χ1v) is 8.70. The van der Waals surface area contributed by atoms with E-state index in [9.17, 15) is 0 Å². The van der Waals surface area contributed by atoms with Gasteiger partial charge in [-0.25, -0.2) is 4.98 Å². The fourth-order valence-electron chi connectivity index (χ4n) is 2.64. The van der Waals surface area contributed by atoms with Crippen LogP contribution < -0.4 is 11.1 Å². The number of nitrogens with two attached hydrogens (primary N) is 1. The van der Waals surface area contributed by atoms with Crippen LogP contribution in [0, 0.1) is 12.3 Å². The van der Waals surface area contributed by atoms with Gasteiger partial charge in [0.1, 0.15) is 10.8 Å². The average Bonchev–Trinajstić information content (AvgIpc) is 2.89. The molecular formula is C14H20N4S2. The van der Waals surface area contributed by atoms with Crippen LogP contribution in [0.25, 0.3) is 11.3 Å². The normalized spacial score (nSPS) is 16.3. The van der Waals surface area contributed by atoms with E-state index in [-0.39, 0.29) is 0 Å². The molecule has 1 saturated carbocycles. The van der Waals surface area contributed by atoms with Gasteiger partial charge in [0, 0.05) is 11.9 Å². The maximum Gasteiger partial charge on any atom is 0.148 e. The maximum absolute atomic E-state index is 6.02. The van der Waals surface area contributed by atoms with Crippen molar-refractivity contribution in [3.8, 4) is 11.3 Å². The van der Waals surface area contributed by atoms with E-state index >= 15 is 0 Å². The van der Waals surface area contributed by atoms with Crippen LogP contribution in [-0.2, 0) is 0 Å². The molecule has 3 rings (SSSR count). The van der Waals surface area contributed by atoms with Crippen molar-refractivity contribution in [1.82, 2.24) is 9.36 Å². The van der Waals surface area contributed by atoms with Crippen molar-refractivity contribution in [2.45, 2.75) is 39.5 Å². The van der Waals surface area contributed by atoms with Crippen LogP contribution in [0.3, 0.4) is 0 Å². The lowest BCUT2D eigenvalue weighted by Crippen LogP contribution is -2.14. The fourth-order valence-corrected chi connectivity index (χ4v) is 3.96. The minimum atomic E-state index is 0.517. The lowest BCUT2D eigenvalue weighted by atomic mass is 10.0. The molecule has 2 aromatic heterocycles. The van der Waals surface area contributed by atoms with Crippen molar-refractivity contribution < 1.29 is 0 Å². The third-order valence-corrected chi connectivity index (χ3v) is 5.55. The summed E-state index contributed by atoms with van der Waals surface area (Å²) in [5, 5.41) is 7.75. The van der Waals surface area contributed by atoms with Crippen molar-refractivity contribution in [2.24, 2.45) is 5.41 Å². The zero-order valence-electron chi connectivity index (χ0n) is 11.9. The molecule has 20 heavy (non-hydrogen) atoms. The second-order valence-corrected chi connectivity index (χ2v) is 7.46. The number of nitrogens with one attached hydrogen (secondary N) is 1. The van der Waals surface area contributed by atoms with Crippen LogP contribution in [0.1, 0.15) is 37.6 Å². The molecule has 2 heterocycles. The highest BCUT2D eigenvalue weighted by atomic mass is 32.1. The number of rotatable bonds is 6. The molecule has 1 aliphatic carbocycles. The monoisotopic (exact) mass is 308 g/mol. The summed E-state index contributed by atoms with van der Waals surface area (Å²) in [5.74, 6) is 0.586. The Kier molecular flexibility index (Phi) is 3.69. The minimum Gasteiger partial charge on any atom is -0.382 e. The van der Waals surface area contributed by atoms with Gasteiger partial charge in [0.15, 0.2) is 0 Å². The number of nitrogen functional groups attached to an aromatic ring is 1. The SMILES string of the molecule is CCCC1(CNc2snc(N)c2-c2csc(C)n2)CC1. The average molecular weight is 308 g/mol. The van der Waals surface area contributed by atoms with Crippen molar-refractivity contribution in [3.63, 3.8) is 0 Å². The lowest BCUT2D eigenvalue weighted by Gasteiger charge is -2.15. The summed E-state index contributed by atoms with van der Waals surface area (Å²) in [5.41, 5.74) is 8.46. The van der Waals surface area contributed by atoms with E-state index in [1.54, 1.807) is 11.3 Å². The van der Waals surface area contributed by atoms with Crippen molar-refractivity contribution in [1.29, 1.82) is 0 Å². The van der Waals surface area contributed by atoms with Crippen LogP contribution in [0.2, 0.25) is 0 Å². The van der Waals surface area contributed by atoms with E-state index in [2.05, 4.69) is 27.0 Å². The zero-order chi connectivity index (χ0) is 14.2. The first-order chi connectivity index (χ1) is 9.63. The second-order valence-electron chi connectivity index (χ2n) is 5.63. The van der Waals surface area contributed by atoms with Crippen molar-refractivity contribution in [2.75, 3.05) is 17.6 Å². The van der Waals surface area contributed by atoms with E-state index in [4.69, 9.17) is 5.73 Å². The van der Waals surface area contributed by atoms with E-state index in [0.29, 0.717) is 11.2 Å². The summed E-state index contributed by atoms with van der Waals surface area (Å²) in [6.07, 6.45) is 5.24. The van der Waals surface area contributed by atoms with E-state index in [0.717, 1.165) is 27.8 Å². The van der Waals surface area contributed by atoms with Gasteiger partial charge in [-0.15, -0.1) is 11.3 Å². The molecule has 2 aromatic rings. The van der Waals surface area contributed by atoms with Crippen molar-refractivity contribution in [3.05, 3.63) is 10.4 Å². The van der Waals surface area contributed by atoms with Gasteiger partial charge in [-0.05, 0) is 43.1 Å². The number of nitrogens with zero attached hydrogens (tertiary/aromatic N) is 2. The summed E-state index contributed by atoms with van der Waals surface area (Å²) >= 11 is 3.09. The molecule has 0 saturated heterocycles. The first-order valence-electron chi connectivity index (χ1n) is 7.05. The van der Waals surface area contributed by atoms with E-state index in [1.165, 1.54) is 37.2 Å². The Morgan fingerprint density at radius 1 is 1.45 bits per heavy atom. The molecule has 0 aromatic carbocycles. The Morgan fingerprint density at radius 3 is 2.85 bits per heavy atom. The summed E-state index contributed by atoms with van der Waals surface area (Å²) in [4.78, 5) is 4.54. The van der Waals surface area contributed by atoms with Crippen LogP contribution >= 0.6 is 22.9 Å². The third kappa shape index (κ3) is 2.67. The molecule has 4 nitrogen and oxygen atoms in total.